The van der Waals surface area contributed by atoms with Crippen molar-refractivity contribution in [2.24, 2.45) is 0 Å². The Hall–Kier alpha value is -4.07. The molecule has 2 aromatic carbocycles. The summed E-state index contributed by atoms with van der Waals surface area (Å²) >= 11 is 0. The van der Waals surface area contributed by atoms with Crippen LogP contribution in [0.25, 0.3) is 22.9 Å². The van der Waals surface area contributed by atoms with Gasteiger partial charge in [0.2, 0.25) is 11.8 Å². The summed E-state index contributed by atoms with van der Waals surface area (Å²) in [5, 5.41) is 13.7. The van der Waals surface area contributed by atoms with Crippen LogP contribution in [0, 0.1) is 10.1 Å². The Morgan fingerprint density at radius 1 is 0.963 bits per heavy atom. The Labute approximate surface area is 153 Å². The summed E-state index contributed by atoms with van der Waals surface area (Å²) in [6.07, 6.45) is 3.21. The lowest BCUT2D eigenvalue weighted by molar-refractivity contribution is -0.384. The molecule has 4 aromatic rings. The third-order valence-corrected chi connectivity index (χ3v) is 3.77. The number of nitrogens with zero attached hydrogens (tertiary/aromatic N) is 4. The molecular weight excluding hydrogens is 346 g/mol. The first-order valence-corrected chi connectivity index (χ1v) is 8.05. The van der Waals surface area contributed by atoms with Crippen molar-refractivity contribution in [1.82, 2.24) is 15.0 Å². The number of rotatable bonds is 5. The summed E-state index contributed by atoms with van der Waals surface area (Å²) in [5.41, 5.74) is 2.11. The minimum atomic E-state index is -0.449. The summed E-state index contributed by atoms with van der Waals surface area (Å²) in [6.45, 7) is 0. The molecule has 0 aliphatic rings. The van der Waals surface area contributed by atoms with Crippen molar-refractivity contribution in [3.63, 3.8) is 0 Å². The second kappa shape index (κ2) is 7.04. The van der Waals surface area contributed by atoms with Gasteiger partial charge in [0.05, 0.1) is 11.1 Å². The first kappa shape index (κ1) is 16.4. The lowest BCUT2D eigenvalue weighted by Crippen LogP contribution is -1.97. The highest BCUT2D eigenvalue weighted by atomic mass is 16.6. The molecule has 132 valence electrons. The molecule has 2 aromatic heterocycles. The van der Waals surface area contributed by atoms with Crippen molar-refractivity contribution >= 4 is 17.3 Å². The molecule has 0 aliphatic carbocycles. The van der Waals surface area contributed by atoms with Crippen LogP contribution in [0.5, 0.6) is 0 Å². The second-order valence-corrected chi connectivity index (χ2v) is 5.59. The number of hydrogen-bond acceptors (Lipinski definition) is 7. The molecule has 0 atom stereocenters. The van der Waals surface area contributed by atoms with Crippen molar-refractivity contribution in [3.05, 3.63) is 83.2 Å². The van der Waals surface area contributed by atoms with Gasteiger partial charge in [-0.25, -0.2) is 15.0 Å². The zero-order valence-electron chi connectivity index (χ0n) is 13.9. The SMILES string of the molecule is O=[N+]([O-])c1ccc(Nc2nccc(-c3cnc(-c4ccccc4)o3)n2)cc1. The van der Waals surface area contributed by atoms with Gasteiger partial charge in [0.25, 0.3) is 5.69 Å². The standard InChI is InChI=1S/C19H13N5O3/c25-24(26)15-8-6-14(7-9-15)22-19-20-11-10-16(23-19)17-12-21-18(27-17)13-4-2-1-3-5-13/h1-12H,(H,20,22,23). The van der Waals surface area contributed by atoms with Gasteiger partial charge in [-0.1, -0.05) is 18.2 Å². The van der Waals surface area contributed by atoms with E-state index in [1.54, 1.807) is 30.6 Å². The highest BCUT2D eigenvalue weighted by Crippen LogP contribution is 2.25. The lowest BCUT2D eigenvalue weighted by Gasteiger charge is -2.05. The van der Waals surface area contributed by atoms with Crippen LogP contribution < -0.4 is 5.32 Å². The number of benzene rings is 2. The topological polar surface area (TPSA) is 107 Å². The van der Waals surface area contributed by atoms with E-state index >= 15 is 0 Å². The summed E-state index contributed by atoms with van der Waals surface area (Å²) in [7, 11) is 0. The Morgan fingerprint density at radius 3 is 2.48 bits per heavy atom. The number of aromatic nitrogens is 3. The molecule has 2 heterocycles. The number of nitro groups is 1. The lowest BCUT2D eigenvalue weighted by atomic mass is 10.2. The summed E-state index contributed by atoms with van der Waals surface area (Å²) in [5.74, 6) is 1.37. The summed E-state index contributed by atoms with van der Waals surface area (Å²) in [6, 6.07) is 17.3. The van der Waals surface area contributed by atoms with E-state index in [-0.39, 0.29) is 5.69 Å². The minimum Gasteiger partial charge on any atom is -0.434 e. The number of nitro benzene ring substituents is 1. The molecule has 0 saturated heterocycles. The maximum Gasteiger partial charge on any atom is 0.269 e. The smallest absolute Gasteiger partial charge is 0.269 e. The molecule has 8 nitrogen and oxygen atoms in total. The highest BCUT2D eigenvalue weighted by Gasteiger charge is 2.11. The molecule has 0 bridgehead atoms. The number of hydrogen-bond donors (Lipinski definition) is 1. The molecule has 0 radical (unpaired) electrons. The number of nitrogens with one attached hydrogen (secondary N) is 1. The van der Waals surface area contributed by atoms with E-state index in [2.05, 4.69) is 20.3 Å². The summed E-state index contributed by atoms with van der Waals surface area (Å²) in [4.78, 5) is 23.1. The van der Waals surface area contributed by atoms with Gasteiger partial charge in [0.1, 0.15) is 5.69 Å². The van der Waals surface area contributed by atoms with Gasteiger partial charge in [0, 0.05) is 29.6 Å². The van der Waals surface area contributed by atoms with E-state index in [4.69, 9.17) is 4.42 Å². The van der Waals surface area contributed by atoms with E-state index in [9.17, 15) is 10.1 Å². The van der Waals surface area contributed by atoms with Crippen LogP contribution in [-0.2, 0) is 0 Å². The van der Waals surface area contributed by atoms with Crippen LogP contribution in [0.4, 0.5) is 17.3 Å². The van der Waals surface area contributed by atoms with Crippen LogP contribution in [0.15, 0.2) is 77.5 Å². The molecule has 0 aliphatic heterocycles. The predicted octanol–water partition coefficient (Wildman–Crippen LogP) is 4.45. The molecule has 0 fully saturated rings. The van der Waals surface area contributed by atoms with Crippen molar-refractivity contribution in [3.8, 4) is 22.9 Å². The Bertz CT molecular complexity index is 1080. The van der Waals surface area contributed by atoms with Crippen LogP contribution >= 0.6 is 0 Å². The fraction of sp³-hybridized carbons (Fsp3) is 0. The average Bonchev–Trinajstić information content (AvgIpc) is 3.20. The van der Waals surface area contributed by atoms with Gasteiger partial charge in [-0.3, -0.25) is 10.1 Å². The third-order valence-electron chi connectivity index (χ3n) is 3.77. The molecule has 0 spiro atoms. The average molecular weight is 359 g/mol. The maximum absolute atomic E-state index is 10.7. The Balaban J connectivity index is 1.56. The van der Waals surface area contributed by atoms with Gasteiger partial charge in [-0.2, -0.15) is 0 Å². The first-order chi connectivity index (χ1) is 13.2. The third kappa shape index (κ3) is 3.64. The number of oxazole rings is 1. The highest BCUT2D eigenvalue weighted by molar-refractivity contribution is 5.61. The molecule has 0 saturated carbocycles. The zero-order valence-corrected chi connectivity index (χ0v) is 13.9. The van der Waals surface area contributed by atoms with E-state index in [1.165, 1.54) is 12.1 Å². The molecule has 0 amide bonds. The van der Waals surface area contributed by atoms with Gasteiger partial charge < -0.3 is 9.73 Å². The maximum atomic E-state index is 10.7. The molecular formula is C19H13N5O3. The fourth-order valence-electron chi connectivity index (χ4n) is 2.46. The zero-order chi connectivity index (χ0) is 18.6. The van der Waals surface area contributed by atoms with Crippen molar-refractivity contribution in [2.75, 3.05) is 5.32 Å². The second-order valence-electron chi connectivity index (χ2n) is 5.59. The molecule has 8 heteroatoms. The first-order valence-electron chi connectivity index (χ1n) is 8.05. The largest absolute Gasteiger partial charge is 0.434 e. The molecule has 1 N–H and O–H groups in total. The van der Waals surface area contributed by atoms with Crippen LogP contribution in [0.3, 0.4) is 0 Å². The summed E-state index contributed by atoms with van der Waals surface area (Å²) < 4.78 is 5.80. The normalized spacial score (nSPS) is 10.5. The van der Waals surface area contributed by atoms with Crippen molar-refractivity contribution in [1.29, 1.82) is 0 Å². The molecule has 4 rings (SSSR count). The monoisotopic (exact) mass is 359 g/mol. The van der Waals surface area contributed by atoms with E-state index in [0.29, 0.717) is 29.0 Å². The van der Waals surface area contributed by atoms with Crippen molar-refractivity contribution in [2.45, 2.75) is 0 Å². The minimum absolute atomic E-state index is 0.0188. The van der Waals surface area contributed by atoms with E-state index < -0.39 is 4.92 Å². The van der Waals surface area contributed by atoms with E-state index in [0.717, 1.165) is 5.56 Å². The molecule has 0 unspecified atom stereocenters. The van der Waals surface area contributed by atoms with Crippen molar-refractivity contribution < 1.29 is 9.34 Å². The predicted molar refractivity (Wildman–Crippen MR) is 99.3 cm³/mol. The van der Waals surface area contributed by atoms with Gasteiger partial charge >= 0.3 is 0 Å². The quantitative estimate of drug-likeness (QED) is 0.414. The van der Waals surface area contributed by atoms with Crippen LogP contribution in [0.1, 0.15) is 0 Å². The van der Waals surface area contributed by atoms with Crippen LogP contribution in [-0.4, -0.2) is 19.9 Å². The van der Waals surface area contributed by atoms with Gasteiger partial charge in [-0.15, -0.1) is 0 Å². The number of anilines is 2. The van der Waals surface area contributed by atoms with Gasteiger partial charge in [0.15, 0.2) is 5.76 Å². The van der Waals surface area contributed by atoms with Gasteiger partial charge in [-0.05, 0) is 30.3 Å². The Kier molecular flexibility index (Phi) is 4.28. The number of non-ortho nitro benzene ring substituents is 1. The fourth-order valence-corrected chi connectivity index (χ4v) is 2.46. The van der Waals surface area contributed by atoms with E-state index in [1.807, 2.05) is 30.3 Å². The Morgan fingerprint density at radius 2 is 1.74 bits per heavy atom. The van der Waals surface area contributed by atoms with Crippen LogP contribution in [0.2, 0.25) is 0 Å². The molecule has 27 heavy (non-hydrogen) atoms.